The van der Waals surface area contributed by atoms with Gasteiger partial charge in [-0.3, -0.25) is 15.0 Å². The zero-order valence-corrected chi connectivity index (χ0v) is 20.0. The molecule has 7 nitrogen and oxygen atoms in total. The van der Waals surface area contributed by atoms with E-state index in [1.807, 2.05) is 16.8 Å². The molecule has 0 radical (unpaired) electrons. The second-order valence-corrected chi connectivity index (χ2v) is 10.6. The normalized spacial score (nSPS) is 22.8. The first-order valence-corrected chi connectivity index (χ1v) is 13.8. The lowest BCUT2D eigenvalue weighted by Gasteiger charge is -2.45. The Morgan fingerprint density at radius 1 is 1.00 bits per heavy atom. The first-order chi connectivity index (χ1) is 15.1. The van der Waals surface area contributed by atoms with Gasteiger partial charge >= 0.3 is 7.59 Å². The standard InChI is InChI=1S/C23H41N4O3P/c1-2-3-4-5-6-7-8-11-21-12-9-10-13-22(21)25-31(24,28)27-16-19-30-20-23(27)26-14-17-29-18-15-26/h9-10,12-13,23H,2-8,11,14-20H2,1H3,(H3,24,25,28). The van der Waals surface area contributed by atoms with E-state index in [9.17, 15) is 4.57 Å². The summed E-state index contributed by atoms with van der Waals surface area (Å²) in [5.74, 6) is 0. The number of unbranched alkanes of at least 4 members (excludes halogenated alkanes) is 6. The van der Waals surface area contributed by atoms with E-state index in [1.165, 1.54) is 44.1 Å². The van der Waals surface area contributed by atoms with Gasteiger partial charge in [-0.15, -0.1) is 0 Å². The molecule has 0 amide bonds. The summed E-state index contributed by atoms with van der Waals surface area (Å²) in [5, 5.41) is 3.24. The van der Waals surface area contributed by atoms with E-state index in [0.717, 1.165) is 31.6 Å². The lowest BCUT2D eigenvalue weighted by molar-refractivity contribution is -0.0731. The van der Waals surface area contributed by atoms with Gasteiger partial charge in [0.1, 0.15) is 0 Å². The van der Waals surface area contributed by atoms with Crippen LogP contribution in [0.25, 0.3) is 0 Å². The van der Waals surface area contributed by atoms with Crippen LogP contribution in [-0.2, 0) is 20.5 Å². The molecule has 0 saturated carbocycles. The summed E-state index contributed by atoms with van der Waals surface area (Å²) in [6.45, 7) is 6.86. The highest BCUT2D eigenvalue weighted by Gasteiger charge is 2.39. The van der Waals surface area contributed by atoms with Gasteiger partial charge in [-0.25, -0.2) is 4.67 Å². The van der Waals surface area contributed by atoms with Crippen molar-refractivity contribution in [1.29, 1.82) is 0 Å². The number of ether oxygens (including phenoxy) is 2. The van der Waals surface area contributed by atoms with E-state index in [0.29, 0.717) is 33.0 Å². The second kappa shape index (κ2) is 12.9. The predicted molar refractivity (Wildman–Crippen MR) is 127 cm³/mol. The lowest BCUT2D eigenvalue weighted by atomic mass is 10.0. The summed E-state index contributed by atoms with van der Waals surface area (Å²) in [4.78, 5) is 2.27. The molecule has 31 heavy (non-hydrogen) atoms. The predicted octanol–water partition coefficient (Wildman–Crippen LogP) is 4.45. The zero-order chi connectivity index (χ0) is 21.9. The van der Waals surface area contributed by atoms with E-state index in [-0.39, 0.29) is 6.17 Å². The minimum absolute atomic E-state index is 0.0868. The molecule has 0 aromatic heterocycles. The molecular formula is C23H41N4O3P. The molecule has 2 aliphatic rings. The van der Waals surface area contributed by atoms with Crippen molar-refractivity contribution in [2.75, 3.05) is 51.1 Å². The number of morpholine rings is 2. The lowest BCUT2D eigenvalue weighted by Crippen LogP contribution is -2.57. The molecule has 2 fully saturated rings. The van der Waals surface area contributed by atoms with Crippen molar-refractivity contribution < 1.29 is 14.0 Å². The quantitative estimate of drug-likeness (QED) is 0.358. The third kappa shape index (κ3) is 7.55. The van der Waals surface area contributed by atoms with Gasteiger partial charge in [0.15, 0.2) is 0 Å². The Morgan fingerprint density at radius 3 is 2.45 bits per heavy atom. The molecule has 3 rings (SSSR count). The molecule has 8 heteroatoms. The van der Waals surface area contributed by atoms with E-state index in [4.69, 9.17) is 15.0 Å². The van der Waals surface area contributed by atoms with Crippen LogP contribution in [0.3, 0.4) is 0 Å². The molecule has 2 aliphatic heterocycles. The van der Waals surface area contributed by atoms with Crippen molar-refractivity contribution in [3.8, 4) is 0 Å². The SMILES string of the molecule is CCCCCCCCCc1ccccc1NP(N)(=O)N1CCOCC1N1CCOCC1. The molecule has 3 N–H and O–H groups in total. The van der Waals surface area contributed by atoms with Gasteiger partial charge in [-0.2, -0.15) is 0 Å². The Kier molecular flexibility index (Phi) is 10.3. The summed E-state index contributed by atoms with van der Waals surface area (Å²) in [5.41, 5.74) is 8.56. The van der Waals surface area contributed by atoms with Crippen molar-refractivity contribution in [1.82, 2.24) is 9.57 Å². The molecule has 0 spiro atoms. The summed E-state index contributed by atoms with van der Waals surface area (Å²) < 4.78 is 26.8. The average molecular weight is 453 g/mol. The topological polar surface area (TPSA) is 80.1 Å². The Labute approximate surface area is 188 Å². The molecule has 0 bridgehead atoms. The fraction of sp³-hybridized carbons (Fsp3) is 0.739. The van der Waals surface area contributed by atoms with E-state index < -0.39 is 7.59 Å². The fourth-order valence-corrected chi connectivity index (χ4v) is 6.13. The summed E-state index contributed by atoms with van der Waals surface area (Å²) in [6, 6.07) is 8.16. The minimum atomic E-state index is -3.28. The Hall–Kier alpha value is -0.950. The van der Waals surface area contributed by atoms with Gasteiger partial charge in [0.2, 0.25) is 0 Å². The van der Waals surface area contributed by atoms with Gasteiger partial charge in [-0.1, -0.05) is 63.6 Å². The van der Waals surface area contributed by atoms with Crippen LogP contribution >= 0.6 is 7.59 Å². The van der Waals surface area contributed by atoms with Crippen LogP contribution in [0.5, 0.6) is 0 Å². The van der Waals surface area contributed by atoms with Crippen LogP contribution in [0, 0.1) is 0 Å². The summed E-state index contributed by atoms with van der Waals surface area (Å²) in [6.07, 6.45) is 9.86. The Bertz CT molecular complexity index is 699. The number of aryl methyl sites for hydroxylation is 1. The highest BCUT2D eigenvalue weighted by molar-refractivity contribution is 7.60. The average Bonchev–Trinajstić information content (AvgIpc) is 2.80. The molecule has 2 atom stereocenters. The number of hydrogen-bond donors (Lipinski definition) is 2. The number of para-hydroxylation sites is 1. The van der Waals surface area contributed by atoms with Crippen LogP contribution in [0.1, 0.15) is 57.4 Å². The van der Waals surface area contributed by atoms with E-state index >= 15 is 0 Å². The first kappa shape index (κ1) is 24.7. The van der Waals surface area contributed by atoms with Crippen molar-refractivity contribution in [2.45, 2.75) is 64.5 Å². The smallest absolute Gasteiger partial charge is 0.304 e. The van der Waals surface area contributed by atoms with Crippen LogP contribution in [0.2, 0.25) is 0 Å². The van der Waals surface area contributed by atoms with Gasteiger partial charge in [-0.05, 0) is 24.5 Å². The zero-order valence-electron chi connectivity index (χ0n) is 19.1. The number of rotatable bonds is 12. The Balaban J connectivity index is 1.59. The van der Waals surface area contributed by atoms with Crippen LogP contribution in [-0.4, -0.2) is 61.8 Å². The van der Waals surface area contributed by atoms with E-state index in [1.54, 1.807) is 0 Å². The van der Waals surface area contributed by atoms with Gasteiger partial charge in [0.05, 0.1) is 32.6 Å². The molecule has 1 aromatic carbocycles. The van der Waals surface area contributed by atoms with Crippen LogP contribution < -0.4 is 10.6 Å². The molecule has 2 heterocycles. The number of benzene rings is 1. The third-order valence-corrected chi connectivity index (χ3v) is 8.06. The second-order valence-electron chi connectivity index (χ2n) is 8.63. The first-order valence-electron chi connectivity index (χ1n) is 12.0. The number of nitrogens with one attached hydrogen (secondary N) is 1. The van der Waals surface area contributed by atoms with Crippen molar-refractivity contribution in [2.24, 2.45) is 5.50 Å². The highest BCUT2D eigenvalue weighted by Crippen LogP contribution is 2.45. The van der Waals surface area contributed by atoms with Gasteiger partial charge in [0, 0.05) is 25.3 Å². The van der Waals surface area contributed by atoms with Crippen LogP contribution in [0.15, 0.2) is 24.3 Å². The highest BCUT2D eigenvalue weighted by atomic mass is 31.2. The van der Waals surface area contributed by atoms with Gasteiger partial charge in [0.25, 0.3) is 0 Å². The third-order valence-electron chi connectivity index (χ3n) is 6.27. The molecule has 2 saturated heterocycles. The maximum absolute atomic E-state index is 13.7. The monoisotopic (exact) mass is 452 g/mol. The molecule has 176 valence electrons. The summed E-state index contributed by atoms with van der Waals surface area (Å²) >= 11 is 0. The van der Waals surface area contributed by atoms with Gasteiger partial charge < -0.3 is 14.6 Å². The molecule has 0 aliphatic carbocycles. The maximum atomic E-state index is 13.7. The van der Waals surface area contributed by atoms with Crippen LogP contribution in [0.4, 0.5) is 5.69 Å². The number of hydrogen-bond acceptors (Lipinski definition) is 4. The fourth-order valence-electron chi connectivity index (χ4n) is 4.45. The van der Waals surface area contributed by atoms with Crippen molar-refractivity contribution >= 4 is 13.3 Å². The maximum Gasteiger partial charge on any atom is 0.304 e. The number of anilines is 1. The van der Waals surface area contributed by atoms with Crippen molar-refractivity contribution in [3.63, 3.8) is 0 Å². The Morgan fingerprint density at radius 2 is 1.68 bits per heavy atom. The largest absolute Gasteiger partial charge is 0.379 e. The molecule has 1 aromatic rings. The number of nitrogens with two attached hydrogens (primary N) is 1. The minimum Gasteiger partial charge on any atom is -0.379 e. The summed E-state index contributed by atoms with van der Waals surface area (Å²) in [7, 11) is -3.28. The molecular weight excluding hydrogens is 411 g/mol. The van der Waals surface area contributed by atoms with Crippen molar-refractivity contribution in [3.05, 3.63) is 29.8 Å². The van der Waals surface area contributed by atoms with E-state index in [2.05, 4.69) is 29.0 Å². The molecule has 2 unspecified atom stereocenters. The number of nitrogens with zero attached hydrogens (tertiary/aromatic N) is 2.